The second-order valence-corrected chi connectivity index (χ2v) is 5.13. The molecule has 0 unspecified atom stereocenters. The Morgan fingerprint density at radius 3 is 1.77 bits per heavy atom. The van der Waals surface area contributed by atoms with Gasteiger partial charge in [-0.05, 0) is 35.4 Å². The molecule has 0 fully saturated rings. The van der Waals surface area contributed by atoms with E-state index in [1.807, 2.05) is 0 Å². The van der Waals surface area contributed by atoms with Gasteiger partial charge in [-0.3, -0.25) is 0 Å². The summed E-state index contributed by atoms with van der Waals surface area (Å²) in [7, 11) is 0. The van der Waals surface area contributed by atoms with Gasteiger partial charge in [0.05, 0.1) is 28.3 Å². The van der Waals surface area contributed by atoms with E-state index in [0.717, 1.165) is 18.2 Å². The van der Waals surface area contributed by atoms with Crippen LogP contribution >= 0.6 is 0 Å². The van der Waals surface area contributed by atoms with E-state index in [4.69, 9.17) is 5.26 Å². The van der Waals surface area contributed by atoms with Gasteiger partial charge in [0.1, 0.15) is 0 Å². The molecule has 0 aliphatic carbocycles. The average molecular weight is 383 g/mol. The molecule has 0 aromatic heterocycles. The summed E-state index contributed by atoms with van der Waals surface area (Å²) in [5.74, 6) is 0. The van der Waals surface area contributed by atoms with E-state index in [0.29, 0.717) is 18.2 Å². The van der Waals surface area contributed by atoms with E-state index in [-0.39, 0.29) is 6.07 Å². The van der Waals surface area contributed by atoms with Crippen LogP contribution in [0, 0.1) is 11.3 Å². The van der Waals surface area contributed by atoms with Crippen LogP contribution < -0.4 is 0 Å². The van der Waals surface area contributed by atoms with Crippen LogP contribution in [0.1, 0.15) is 22.3 Å². The molecular weight excluding hydrogens is 377 g/mol. The third-order valence-electron chi connectivity index (χ3n) is 3.37. The number of hydrogen-bond acceptors (Lipinski definition) is 1. The zero-order valence-corrected chi connectivity index (χ0v) is 12.3. The van der Waals surface area contributed by atoms with Crippen LogP contribution in [0.5, 0.6) is 0 Å². The number of benzene rings is 2. The molecule has 0 aliphatic rings. The highest BCUT2D eigenvalue weighted by molar-refractivity contribution is 5.69. The monoisotopic (exact) mass is 383 g/mol. The summed E-state index contributed by atoms with van der Waals surface area (Å²) in [6, 6.07) is 4.63. The van der Waals surface area contributed by atoms with E-state index in [2.05, 4.69) is 0 Å². The van der Waals surface area contributed by atoms with Crippen LogP contribution in [0.3, 0.4) is 0 Å². The quantitative estimate of drug-likeness (QED) is 0.532. The lowest BCUT2D eigenvalue weighted by Crippen LogP contribution is -2.18. The molecule has 0 spiro atoms. The van der Waals surface area contributed by atoms with Crippen molar-refractivity contribution in [2.75, 3.05) is 0 Å². The van der Waals surface area contributed by atoms with Gasteiger partial charge in [-0.2, -0.15) is 44.8 Å². The SMILES string of the molecule is N#Cc1cc(-c2cccc(C(F)(F)F)c2)cc(C(F)(F)F)c1C(F)(F)F. The standard InChI is InChI=1S/C16H6F9N/c17-14(18,19)11-3-1-2-8(5-11)9-4-10(7-26)13(16(23,24)25)12(6-9)15(20,21)22/h1-6H. The number of alkyl halides is 9. The minimum atomic E-state index is -5.47. The summed E-state index contributed by atoms with van der Waals surface area (Å²) in [6.07, 6.45) is -15.7. The smallest absolute Gasteiger partial charge is 0.192 e. The van der Waals surface area contributed by atoms with Crippen molar-refractivity contribution in [3.05, 3.63) is 58.7 Å². The first-order valence-corrected chi connectivity index (χ1v) is 6.65. The minimum absolute atomic E-state index is 0.0825. The van der Waals surface area contributed by atoms with Gasteiger partial charge < -0.3 is 0 Å². The Morgan fingerprint density at radius 2 is 1.31 bits per heavy atom. The van der Waals surface area contributed by atoms with Gasteiger partial charge in [-0.15, -0.1) is 0 Å². The van der Waals surface area contributed by atoms with E-state index in [9.17, 15) is 39.5 Å². The van der Waals surface area contributed by atoms with Crippen molar-refractivity contribution >= 4 is 0 Å². The predicted molar refractivity (Wildman–Crippen MR) is 71.6 cm³/mol. The summed E-state index contributed by atoms with van der Waals surface area (Å²) in [6.45, 7) is 0. The number of nitrogens with zero attached hydrogens (tertiary/aromatic N) is 1. The molecule has 2 rings (SSSR count). The Balaban J connectivity index is 2.80. The first-order valence-electron chi connectivity index (χ1n) is 6.65. The molecule has 2 aromatic rings. The van der Waals surface area contributed by atoms with E-state index in [1.54, 1.807) is 0 Å². The molecule has 0 N–H and O–H groups in total. The largest absolute Gasteiger partial charge is 0.418 e. The molecule has 0 heterocycles. The molecule has 10 heteroatoms. The predicted octanol–water partition coefficient (Wildman–Crippen LogP) is 6.28. The van der Waals surface area contributed by atoms with Crippen LogP contribution in [0.25, 0.3) is 11.1 Å². The van der Waals surface area contributed by atoms with Gasteiger partial charge in [0.25, 0.3) is 0 Å². The molecule has 0 radical (unpaired) electrons. The van der Waals surface area contributed by atoms with Crippen molar-refractivity contribution in [1.29, 1.82) is 5.26 Å². The van der Waals surface area contributed by atoms with Gasteiger partial charge in [-0.25, -0.2) is 0 Å². The molecule has 0 bridgehead atoms. The van der Waals surface area contributed by atoms with Crippen molar-refractivity contribution in [2.45, 2.75) is 18.5 Å². The van der Waals surface area contributed by atoms with Gasteiger partial charge in [0.2, 0.25) is 0 Å². The summed E-state index contributed by atoms with van der Waals surface area (Å²) in [4.78, 5) is 0. The number of hydrogen-bond donors (Lipinski definition) is 0. The molecule has 26 heavy (non-hydrogen) atoms. The Labute approximate surface area is 140 Å². The fourth-order valence-electron chi connectivity index (χ4n) is 2.30. The third-order valence-corrected chi connectivity index (χ3v) is 3.37. The van der Waals surface area contributed by atoms with E-state index >= 15 is 0 Å². The van der Waals surface area contributed by atoms with Crippen molar-refractivity contribution < 1.29 is 39.5 Å². The van der Waals surface area contributed by atoms with Gasteiger partial charge in [0.15, 0.2) is 0 Å². The maximum Gasteiger partial charge on any atom is 0.418 e. The van der Waals surface area contributed by atoms with Crippen molar-refractivity contribution in [3.8, 4) is 17.2 Å². The van der Waals surface area contributed by atoms with Crippen LogP contribution in [0.2, 0.25) is 0 Å². The van der Waals surface area contributed by atoms with Gasteiger partial charge >= 0.3 is 18.5 Å². The Kier molecular flexibility index (Phi) is 4.70. The Hall–Kier alpha value is -2.70. The number of nitriles is 1. The zero-order valence-electron chi connectivity index (χ0n) is 12.3. The average Bonchev–Trinajstić information content (AvgIpc) is 2.51. The summed E-state index contributed by atoms with van der Waals surface area (Å²) < 4.78 is 116. The van der Waals surface area contributed by atoms with Gasteiger partial charge in [-0.1, -0.05) is 12.1 Å². The molecule has 0 atom stereocenters. The highest BCUT2D eigenvalue weighted by atomic mass is 19.4. The molecule has 0 aliphatic heterocycles. The van der Waals surface area contributed by atoms with E-state index < -0.39 is 51.9 Å². The molecule has 1 nitrogen and oxygen atoms in total. The zero-order chi connectivity index (χ0) is 19.9. The third kappa shape index (κ3) is 3.92. The van der Waals surface area contributed by atoms with Crippen LogP contribution in [0.4, 0.5) is 39.5 Å². The Bertz CT molecular complexity index is 867. The second-order valence-electron chi connectivity index (χ2n) is 5.13. The lowest BCUT2D eigenvalue weighted by atomic mass is 9.93. The minimum Gasteiger partial charge on any atom is -0.192 e. The lowest BCUT2D eigenvalue weighted by Gasteiger charge is -2.18. The summed E-state index contributed by atoms with van der Waals surface area (Å²) >= 11 is 0. The second kappa shape index (κ2) is 6.23. The maximum atomic E-state index is 13.1. The molecular formula is C16H6F9N. The number of halogens is 9. The highest BCUT2D eigenvalue weighted by Gasteiger charge is 2.45. The summed E-state index contributed by atoms with van der Waals surface area (Å²) in [5.41, 5.74) is -7.84. The molecule has 0 amide bonds. The molecule has 2 aromatic carbocycles. The fraction of sp³-hybridized carbons (Fsp3) is 0.188. The molecule has 0 saturated heterocycles. The first-order chi connectivity index (χ1) is 11.7. The van der Waals surface area contributed by atoms with Crippen LogP contribution in [0.15, 0.2) is 36.4 Å². The van der Waals surface area contributed by atoms with E-state index in [1.165, 1.54) is 0 Å². The normalized spacial score (nSPS) is 12.8. The highest BCUT2D eigenvalue weighted by Crippen LogP contribution is 2.44. The summed E-state index contributed by atoms with van der Waals surface area (Å²) in [5, 5.41) is 8.83. The maximum absolute atomic E-state index is 13.1. The number of rotatable bonds is 1. The van der Waals surface area contributed by atoms with Crippen molar-refractivity contribution in [1.82, 2.24) is 0 Å². The topological polar surface area (TPSA) is 23.8 Å². The molecule has 0 saturated carbocycles. The van der Waals surface area contributed by atoms with Gasteiger partial charge in [0, 0.05) is 0 Å². The van der Waals surface area contributed by atoms with Crippen LogP contribution in [-0.4, -0.2) is 0 Å². The van der Waals surface area contributed by atoms with Crippen molar-refractivity contribution in [3.63, 3.8) is 0 Å². The fourth-order valence-corrected chi connectivity index (χ4v) is 2.30. The first kappa shape index (κ1) is 19.6. The Morgan fingerprint density at radius 1 is 0.692 bits per heavy atom. The van der Waals surface area contributed by atoms with Crippen molar-refractivity contribution in [2.24, 2.45) is 0 Å². The van der Waals surface area contributed by atoms with Crippen LogP contribution in [-0.2, 0) is 18.5 Å². The molecule has 138 valence electrons. The lowest BCUT2D eigenvalue weighted by molar-refractivity contribution is -0.162.